The molecule has 1 N–H and O–H groups in total. The molecule has 0 radical (unpaired) electrons. The van der Waals surface area contributed by atoms with Crippen LogP contribution in [0.2, 0.25) is 0 Å². The number of benzene rings is 2. The molecule has 1 aliphatic rings. The van der Waals surface area contributed by atoms with Gasteiger partial charge < -0.3 is 15.0 Å². The topological polar surface area (TPSA) is 76.5 Å². The maximum Gasteiger partial charge on any atom is 0.410 e. The molecule has 0 aliphatic carbocycles. The molecule has 7 nitrogen and oxygen atoms in total. The lowest BCUT2D eigenvalue weighted by molar-refractivity contribution is -0.126. The van der Waals surface area contributed by atoms with E-state index in [2.05, 4.69) is 5.32 Å². The zero-order chi connectivity index (χ0) is 25.0. The van der Waals surface area contributed by atoms with E-state index in [0.717, 1.165) is 16.8 Å². The SMILES string of the molecule is CC(C)(C)OC(=O)N1CCC(C(=O)NCc2cn(-c3ccccc3)nc2-c2ccc(F)cc2)CC1. The van der Waals surface area contributed by atoms with Crippen LogP contribution in [-0.4, -0.2) is 45.4 Å². The minimum atomic E-state index is -0.544. The molecule has 184 valence electrons. The number of piperidine rings is 1. The Morgan fingerprint density at radius 1 is 1.06 bits per heavy atom. The second-order valence-electron chi connectivity index (χ2n) is 9.75. The van der Waals surface area contributed by atoms with Crippen molar-refractivity contribution in [2.75, 3.05) is 13.1 Å². The number of aromatic nitrogens is 2. The minimum Gasteiger partial charge on any atom is -0.444 e. The molecular weight excluding hydrogens is 447 g/mol. The first-order chi connectivity index (χ1) is 16.7. The van der Waals surface area contributed by atoms with Crippen LogP contribution in [0, 0.1) is 11.7 Å². The van der Waals surface area contributed by atoms with Gasteiger partial charge in [-0.25, -0.2) is 13.9 Å². The van der Waals surface area contributed by atoms with Crippen molar-refractivity contribution in [2.24, 2.45) is 5.92 Å². The first-order valence-corrected chi connectivity index (χ1v) is 11.8. The van der Waals surface area contributed by atoms with E-state index in [0.29, 0.717) is 38.2 Å². The van der Waals surface area contributed by atoms with Crippen LogP contribution in [0.25, 0.3) is 16.9 Å². The molecule has 0 saturated carbocycles. The number of hydrogen-bond donors (Lipinski definition) is 1. The molecule has 0 atom stereocenters. The van der Waals surface area contributed by atoms with E-state index in [9.17, 15) is 14.0 Å². The molecule has 3 aromatic rings. The minimum absolute atomic E-state index is 0.0497. The second kappa shape index (κ2) is 10.3. The number of rotatable bonds is 5. The van der Waals surface area contributed by atoms with Gasteiger partial charge in [0.1, 0.15) is 11.4 Å². The van der Waals surface area contributed by atoms with Crippen LogP contribution in [0.5, 0.6) is 0 Å². The normalized spacial score (nSPS) is 14.6. The summed E-state index contributed by atoms with van der Waals surface area (Å²) in [5.41, 5.74) is 2.64. The maximum absolute atomic E-state index is 13.5. The van der Waals surface area contributed by atoms with Crippen molar-refractivity contribution in [3.8, 4) is 16.9 Å². The highest BCUT2D eigenvalue weighted by Crippen LogP contribution is 2.25. The van der Waals surface area contributed by atoms with Crippen molar-refractivity contribution in [3.05, 3.63) is 72.2 Å². The van der Waals surface area contributed by atoms with Crippen molar-refractivity contribution in [1.82, 2.24) is 20.0 Å². The summed E-state index contributed by atoms with van der Waals surface area (Å²) in [7, 11) is 0. The fourth-order valence-electron chi connectivity index (χ4n) is 4.08. The molecule has 35 heavy (non-hydrogen) atoms. The number of carbonyl (C=O) groups excluding carboxylic acids is 2. The fraction of sp³-hybridized carbons (Fsp3) is 0.370. The summed E-state index contributed by atoms with van der Waals surface area (Å²) in [5.74, 6) is -0.540. The number of amides is 2. The predicted molar refractivity (Wildman–Crippen MR) is 131 cm³/mol. The Morgan fingerprint density at radius 3 is 2.34 bits per heavy atom. The molecule has 0 spiro atoms. The quantitative estimate of drug-likeness (QED) is 0.564. The Bertz CT molecular complexity index is 1160. The van der Waals surface area contributed by atoms with Crippen LogP contribution in [0.15, 0.2) is 60.8 Å². The molecule has 0 bridgehead atoms. The second-order valence-corrected chi connectivity index (χ2v) is 9.75. The standard InChI is InChI=1S/C27H31FN4O3/c1-27(2,3)35-26(34)31-15-13-20(14-16-31)25(33)29-17-21-18-32(23-7-5-4-6-8-23)30-24(21)19-9-11-22(28)12-10-19/h4-12,18,20H,13-17H2,1-3H3,(H,29,33). The Kier molecular flexibility index (Phi) is 7.19. The summed E-state index contributed by atoms with van der Waals surface area (Å²) in [5, 5.41) is 7.75. The summed E-state index contributed by atoms with van der Waals surface area (Å²) in [6, 6.07) is 15.9. The lowest BCUT2D eigenvalue weighted by Crippen LogP contribution is -2.44. The molecule has 0 unspecified atom stereocenters. The maximum atomic E-state index is 13.5. The zero-order valence-electron chi connectivity index (χ0n) is 20.3. The van der Waals surface area contributed by atoms with Crippen LogP contribution < -0.4 is 5.32 Å². The Balaban J connectivity index is 1.42. The Morgan fingerprint density at radius 2 is 1.71 bits per heavy atom. The van der Waals surface area contributed by atoms with Gasteiger partial charge in [-0.1, -0.05) is 18.2 Å². The Labute approximate surface area is 204 Å². The van der Waals surface area contributed by atoms with Gasteiger partial charge in [-0.05, 0) is 70.0 Å². The third kappa shape index (κ3) is 6.26. The lowest BCUT2D eigenvalue weighted by Gasteiger charge is -2.32. The van der Waals surface area contributed by atoms with E-state index in [1.807, 2.05) is 57.3 Å². The number of para-hydroxylation sites is 1. The fourth-order valence-corrected chi connectivity index (χ4v) is 4.08. The number of hydrogen-bond acceptors (Lipinski definition) is 4. The van der Waals surface area contributed by atoms with E-state index in [-0.39, 0.29) is 23.7 Å². The molecule has 2 heterocycles. The third-order valence-electron chi connectivity index (χ3n) is 5.90. The number of nitrogens with zero attached hydrogens (tertiary/aromatic N) is 3. The average Bonchev–Trinajstić information content (AvgIpc) is 3.27. The summed E-state index contributed by atoms with van der Waals surface area (Å²) >= 11 is 0. The van der Waals surface area contributed by atoms with Crippen LogP contribution in [0.1, 0.15) is 39.2 Å². The largest absolute Gasteiger partial charge is 0.444 e. The number of halogens is 1. The molecule has 8 heteroatoms. The van der Waals surface area contributed by atoms with Crippen molar-refractivity contribution >= 4 is 12.0 Å². The van der Waals surface area contributed by atoms with E-state index in [1.54, 1.807) is 21.7 Å². The molecule has 1 fully saturated rings. The molecular formula is C27H31FN4O3. The van der Waals surface area contributed by atoms with Crippen LogP contribution >= 0.6 is 0 Å². The van der Waals surface area contributed by atoms with E-state index in [4.69, 9.17) is 9.84 Å². The van der Waals surface area contributed by atoms with Gasteiger partial charge >= 0.3 is 6.09 Å². The summed E-state index contributed by atoms with van der Waals surface area (Å²) in [4.78, 5) is 26.9. The van der Waals surface area contributed by atoms with Crippen molar-refractivity contribution in [3.63, 3.8) is 0 Å². The van der Waals surface area contributed by atoms with Gasteiger partial charge in [0, 0.05) is 42.9 Å². The first kappa shape index (κ1) is 24.4. The zero-order valence-corrected chi connectivity index (χ0v) is 20.3. The number of ether oxygens (including phenoxy) is 1. The molecule has 1 aliphatic heterocycles. The highest BCUT2D eigenvalue weighted by atomic mass is 19.1. The molecule has 1 saturated heterocycles. The van der Waals surface area contributed by atoms with E-state index in [1.165, 1.54) is 12.1 Å². The van der Waals surface area contributed by atoms with Gasteiger partial charge in [0.05, 0.1) is 11.4 Å². The molecule has 2 amide bonds. The number of likely N-dealkylation sites (tertiary alicyclic amines) is 1. The van der Waals surface area contributed by atoms with Crippen molar-refractivity contribution < 1.29 is 18.7 Å². The first-order valence-electron chi connectivity index (χ1n) is 11.8. The number of nitrogens with one attached hydrogen (secondary N) is 1. The van der Waals surface area contributed by atoms with Gasteiger partial charge in [0.25, 0.3) is 0 Å². The van der Waals surface area contributed by atoms with Crippen LogP contribution in [0.3, 0.4) is 0 Å². The van der Waals surface area contributed by atoms with Gasteiger partial charge in [-0.2, -0.15) is 5.10 Å². The van der Waals surface area contributed by atoms with Crippen molar-refractivity contribution in [2.45, 2.75) is 45.8 Å². The summed E-state index contributed by atoms with van der Waals surface area (Å²) < 4.78 is 20.7. The number of carbonyl (C=O) groups is 2. The van der Waals surface area contributed by atoms with Crippen molar-refractivity contribution in [1.29, 1.82) is 0 Å². The molecule has 4 rings (SSSR count). The molecule has 2 aromatic carbocycles. The highest BCUT2D eigenvalue weighted by Gasteiger charge is 2.30. The van der Waals surface area contributed by atoms with Gasteiger partial charge in [0.15, 0.2) is 0 Å². The van der Waals surface area contributed by atoms with Gasteiger partial charge in [0.2, 0.25) is 5.91 Å². The van der Waals surface area contributed by atoms with Crippen LogP contribution in [-0.2, 0) is 16.1 Å². The van der Waals surface area contributed by atoms with E-state index < -0.39 is 5.60 Å². The van der Waals surface area contributed by atoms with E-state index >= 15 is 0 Å². The van der Waals surface area contributed by atoms with Gasteiger partial charge in [-0.15, -0.1) is 0 Å². The molecule has 1 aromatic heterocycles. The summed E-state index contributed by atoms with van der Waals surface area (Å²) in [6.07, 6.45) is 2.71. The lowest BCUT2D eigenvalue weighted by atomic mass is 9.96. The Hall–Kier alpha value is -3.68. The highest BCUT2D eigenvalue weighted by molar-refractivity contribution is 5.79. The summed E-state index contributed by atoms with van der Waals surface area (Å²) in [6.45, 7) is 6.78. The predicted octanol–water partition coefficient (Wildman–Crippen LogP) is 4.94. The average molecular weight is 479 g/mol. The monoisotopic (exact) mass is 478 g/mol. The smallest absolute Gasteiger partial charge is 0.410 e. The van der Waals surface area contributed by atoms with Gasteiger partial charge in [-0.3, -0.25) is 4.79 Å². The third-order valence-corrected chi connectivity index (χ3v) is 5.90. The van der Waals surface area contributed by atoms with Crippen LogP contribution in [0.4, 0.5) is 9.18 Å².